The average molecular weight is 237 g/mol. The molecule has 3 heteroatoms. The average Bonchev–Trinajstić information content (AvgIpc) is 2.30. The number of hydrogen-bond donors (Lipinski definition) is 2. The summed E-state index contributed by atoms with van der Waals surface area (Å²) in [6, 6.07) is 7.61. The van der Waals surface area contributed by atoms with Crippen molar-refractivity contribution in [1.82, 2.24) is 5.32 Å². The highest BCUT2D eigenvalue weighted by Gasteiger charge is 2.07. The first-order valence-corrected chi connectivity index (χ1v) is 6.25. The molecule has 2 N–H and O–H groups in total. The van der Waals surface area contributed by atoms with Crippen LogP contribution in [0.25, 0.3) is 0 Å². The Kier molecular flexibility index (Phi) is 6.01. The van der Waals surface area contributed by atoms with Crippen molar-refractivity contribution in [2.75, 3.05) is 19.7 Å². The second kappa shape index (κ2) is 7.30. The quantitative estimate of drug-likeness (QED) is 0.765. The van der Waals surface area contributed by atoms with Gasteiger partial charge in [0.15, 0.2) is 0 Å². The van der Waals surface area contributed by atoms with Gasteiger partial charge >= 0.3 is 0 Å². The standard InChI is InChI=1S/C14H23NO2/c1-4-17-13-7-5-12(6-8-13)14(16)10-15-9-11(2)3/h5-8,11,14-16H,4,9-10H2,1-3H3. The summed E-state index contributed by atoms with van der Waals surface area (Å²) in [7, 11) is 0. The number of benzene rings is 1. The summed E-state index contributed by atoms with van der Waals surface area (Å²) in [6.45, 7) is 8.43. The van der Waals surface area contributed by atoms with Crippen molar-refractivity contribution >= 4 is 0 Å². The highest BCUT2D eigenvalue weighted by atomic mass is 16.5. The van der Waals surface area contributed by atoms with Crippen LogP contribution in [0.15, 0.2) is 24.3 Å². The summed E-state index contributed by atoms with van der Waals surface area (Å²) in [5, 5.41) is 13.2. The summed E-state index contributed by atoms with van der Waals surface area (Å²) in [6.07, 6.45) is -0.454. The van der Waals surface area contributed by atoms with Gasteiger partial charge < -0.3 is 15.2 Å². The third-order valence-corrected chi connectivity index (χ3v) is 2.47. The molecule has 0 aliphatic carbocycles. The molecule has 1 aromatic rings. The van der Waals surface area contributed by atoms with Crippen molar-refractivity contribution in [2.24, 2.45) is 5.92 Å². The Morgan fingerprint density at radius 1 is 1.18 bits per heavy atom. The summed E-state index contributed by atoms with van der Waals surface area (Å²) in [5.41, 5.74) is 0.921. The maximum Gasteiger partial charge on any atom is 0.119 e. The van der Waals surface area contributed by atoms with Gasteiger partial charge in [-0.05, 0) is 37.1 Å². The molecule has 0 saturated carbocycles. The second-order valence-corrected chi connectivity index (χ2v) is 4.57. The summed E-state index contributed by atoms with van der Waals surface area (Å²) < 4.78 is 5.36. The topological polar surface area (TPSA) is 41.5 Å². The normalized spacial score (nSPS) is 12.8. The molecule has 17 heavy (non-hydrogen) atoms. The molecule has 0 saturated heterocycles. The molecule has 3 nitrogen and oxygen atoms in total. The van der Waals surface area contributed by atoms with Crippen LogP contribution < -0.4 is 10.1 Å². The van der Waals surface area contributed by atoms with Gasteiger partial charge in [0, 0.05) is 6.54 Å². The van der Waals surface area contributed by atoms with Crippen molar-refractivity contribution in [1.29, 1.82) is 0 Å². The first-order valence-electron chi connectivity index (χ1n) is 6.25. The number of ether oxygens (including phenoxy) is 1. The zero-order valence-electron chi connectivity index (χ0n) is 10.9. The highest BCUT2D eigenvalue weighted by Crippen LogP contribution is 2.17. The zero-order chi connectivity index (χ0) is 12.7. The molecule has 0 aromatic heterocycles. The molecular formula is C14H23NO2. The van der Waals surface area contributed by atoms with E-state index in [1.54, 1.807) is 0 Å². The molecule has 96 valence electrons. The lowest BCUT2D eigenvalue weighted by Crippen LogP contribution is -2.25. The van der Waals surface area contributed by atoms with Crippen LogP contribution in [0.1, 0.15) is 32.4 Å². The van der Waals surface area contributed by atoms with Crippen molar-refractivity contribution in [3.8, 4) is 5.75 Å². The van der Waals surface area contributed by atoms with Crippen LogP contribution >= 0.6 is 0 Å². The van der Waals surface area contributed by atoms with Crippen LogP contribution in [0, 0.1) is 5.92 Å². The minimum atomic E-state index is -0.454. The van der Waals surface area contributed by atoms with Gasteiger partial charge in [0.1, 0.15) is 5.75 Å². The van der Waals surface area contributed by atoms with Gasteiger partial charge in [0.05, 0.1) is 12.7 Å². The Morgan fingerprint density at radius 3 is 2.35 bits per heavy atom. The van der Waals surface area contributed by atoms with Crippen LogP contribution in [-0.4, -0.2) is 24.8 Å². The summed E-state index contributed by atoms with van der Waals surface area (Å²) in [5.74, 6) is 1.45. The van der Waals surface area contributed by atoms with Crippen LogP contribution in [0.5, 0.6) is 5.75 Å². The van der Waals surface area contributed by atoms with E-state index in [2.05, 4.69) is 19.2 Å². The first kappa shape index (κ1) is 14.0. The molecule has 0 spiro atoms. The molecule has 0 bridgehead atoms. The van der Waals surface area contributed by atoms with E-state index in [4.69, 9.17) is 4.74 Å². The Hall–Kier alpha value is -1.06. The van der Waals surface area contributed by atoms with Crippen molar-refractivity contribution in [3.05, 3.63) is 29.8 Å². The van der Waals surface area contributed by atoms with E-state index in [9.17, 15) is 5.11 Å². The lowest BCUT2D eigenvalue weighted by atomic mass is 10.1. The van der Waals surface area contributed by atoms with Gasteiger partial charge in [0.25, 0.3) is 0 Å². The molecule has 1 rings (SSSR count). The molecule has 0 aliphatic heterocycles. The number of rotatable bonds is 7. The third-order valence-electron chi connectivity index (χ3n) is 2.47. The Balaban J connectivity index is 2.43. The Morgan fingerprint density at radius 2 is 1.82 bits per heavy atom. The largest absolute Gasteiger partial charge is 0.494 e. The molecule has 0 heterocycles. The van der Waals surface area contributed by atoms with E-state index < -0.39 is 6.10 Å². The van der Waals surface area contributed by atoms with E-state index >= 15 is 0 Å². The Labute approximate surface area is 104 Å². The third kappa shape index (κ3) is 5.20. The zero-order valence-corrected chi connectivity index (χ0v) is 10.9. The van der Waals surface area contributed by atoms with Gasteiger partial charge in [-0.15, -0.1) is 0 Å². The lowest BCUT2D eigenvalue weighted by molar-refractivity contribution is 0.173. The van der Waals surface area contributed by atoms with Gasteiger partial charge in [-0.1, -0.05) is 26.0 Å². The van der Waals surface area contributed by atoms with E-state index in [1.165, 1.54) is 0 Å². The van der Waals surface area contributed by atoms with Gasteiger partial charge in [-0.25, -0.2) is 0 Å². The molecule has 0 amide bonds. The van der Waals surface area contributed by atoms with E-state index in [0.29, 0.717) is 19.1 Å². The fourth-order valence-corrected chi connectivity index (χ4v) is 1.58. The van der Waals surface area contributed by atoms with E-state index in [-0.39, 0.29) is 0 Å². The Bertz CT molecular complexity index is 309. The number of nitrogens with one attached hydrogen (secondary N) is 1. The van der Waals surface area contributed by atoms with E-state index in [1.807, 2.05) is 31.2 Å². The SMILES string of the molecule is CCOc1ccc(C(O)CNCC(C)C)cc1. The predicted molar refractivity (Wildman–Crippen MR) is 70.3 cm³/mol. The number of aliphatic hydroxyl groups is 1. The van der Waals surface area contributed by atoms with Gasteiger partial charge in [-0.3, -0.25) is 0 Å². The number of hydrogen-bond acceptors (Lipinski definition) is 3. The predicted octanol–water partition coefficient (Wildman–Crippen LogP) is 2.36. The summed E-state index contributed by atoms with van der Waals surface area (Å²) >= 11 is 0. The maximum absolute atomic E-state index is 9.95. The fourth-order valence-electron chi connectivity index (χ4n) is 1.58. The minimum Gasteiger partial charge on any atom is -0.494 e. The van der Waals surface area contributed by atoms with Crippen molar-refractivity contribution in [2.45, 2.75) is 26.9 Å². The molecule has 0 fully saturated rings. The lowest BCUT2D eigenvalue weighted by Gasteiger charge is -2.14. The number of aliphatic hydroxyl groups excluding tert-OH is 1. The highest BCUT2D eigenvalue weighted by molar-refractivity contribution is 5.28. The monoisotopic (exact) mass is 237 g/mol. The van der Waals surface area contributed by atoms with Gasteiger partial charge in [-0.2, -0.15) is 0 Å². The fraction of sp³-hybridized carbons (Fsp3) is 0.571. The molecule has 1 aromatic carbocycles. The second-order valence-electron chi connectivity index (χ2n) is 4.57. The maximum atomic E-state index is 9.95. The van der Waals surface area contributed by atoms with Crippen LogP contribution in [0.2, 0.25) is 0 Å². The minimum absolute atomic E-state index is 0.454. The molecule has 1 atom stereocenters. The van der Waals surface area contributed by atoms with Gasteiger partial charge in [0.2, 0.25) is 0 Å². The van der Waals surface area contributed by atoms with Crippen LogP contribution in [0.4, 0.5) is 0 Å². The smallest absolute Gasteiger partial charge is 0.119 e. The molecular weight excluding hydrogens is 214 g/mol. The van der Waals surface area contributed by atoms with E-state index in [0.717, 1.165) is 17.9 Å². The molecule has 0 radical (unpaired) electrons. The van der Waals surface area contributed by atoms with Crippen LogP contribution in [0.3, 0.4) is 0 Å². The first-order chi connectivity index (χ1) is 8.13. The van der Waals surface area contributed by atoms with Crippen molar-refractivity contribution < 1.29 is 9.84 Å². The van der Waals surface area contributed by atoms with Crippen molar-refractivity contribution in [3.63, 3.8) is 0 Å². The van der Waals surface area contributed by atoms with Crippen LogP contribution in [-0.2, 0) is 0 Å². The molecule has 1 unspecified atom stereocenters. The summed E-state index contributed by atoms with van der Waals surface area (Å²) in [4.78, 5) is 0. The molecule has 0 aliphatic rings.